The SMILES string of the molecule is COc1ccc(S(=O)(=O)Nc2cccc3cnccc23)cc1. The number of sulfonamides is 1. The van der Waals surface area contributed by atoms with Gasteiger partial charge in [0.15, 0.2) is 0 Å². The monoisotopic (exact) mass is 314 g/mol. The first-order valence-corrected chi connectivity index (χ1v) is 8.08. The van der Waals surface area contributed by atoms with E-state index >= 15 is 0 Å². The van der Waals surface area contributed by atoms with E-state index in [2.05, 4.69) is 9.71 Å². The zero-order chi connectivity index (χ0) is 15.6. The summed E-state index contributed by atoms with van der Waals surface area (Å²) >= 11 is 0. The molecule has 1 heterocycles. The third kappa shape index (κ3) is 2.73. The maximum Gasteiger partial charge on any atom is 0.261 e. The smallest absolute Gasteiger partial charge is 0.261 e. The number of ether oxygens (including phenoxy) is 1. The van der Waals surface area contributed by atoms with E-state index in [9.17, 15) is 8.42 Å². The van der Waals surface area contributed by atoms with Crippen LogP contribution in [0.25, 0.3) is 10.8 Å². The molecule has 0 fully saturated rings. The number of nitrogens with zero attached hydrogens (tertiary/aromatic N) is 1. The first-order chi connectivity index (χ1) is 10.6. The van der Waals surface area contributed by atoms with Gasteiger partial charge >= 0.3 is 0 Å². The summed E-state index contributed by atoms with van der Waals surface area (Å²) in [7, 11) is -2.12. The predicted octanol–water partition coefficient (Wildman–Crippen LogP) is 3.04. The van der Waals surface area contributed by atoms with Crippen LogP contribution in [-0.2, 0) is 10.0 Å². The van der Waals surface area contributed by atoms with E-state index in [-0.39, 0.29) is 4.90 Å². The molecule has 112 valence electrons. The van der Waals surface area contributed by atoms with Gasteiger partial charge in [-0.15, -0.1) is 0 Å². The highest BCUT2D eigenvalue weighted by Gasteiger charge is 2.15. The molecule has 5 nitrogen and oxygen atoms in total. The topological polar surface area (TPSA) is 68.3 Å². The summed E-state index contributed by atoms with van der Waals surface area (Å²) in [5.41, 5.74) is 0.524. The molecule has 0 amide bonds. The number of nitrogens with one attached hydrogen (secondary N) is 1. The van der Waals surface area contributed by atoms with Crippen LogP contribution in [0.4, 0.5) is 5.69 Å². The average molecular weight is 314 g/mol. The Balaban J connectivity index is 1.99. The number of hydrogen-bond acceptors (Lipinski definition) is 4. The van der Waals surface area contributed by atoms with E-state index in [1.54, 1.807) is 42.7 Å². The van der Waals surface area contributed by atoms with Crippen molar-refractivity contribution in [3.05, 3.63) is 60.9 Å². The van der Waals surface area contributed by atoms with Crippen LogP contribution in [0.3, 0.4) is 0 Å². The number of hydrogen-bond donors (Lipinski definition) is 1. The van der Waals surface area contributed by atoms with E-state index in [0.717, 1.165) is 10.8 Å². The van der Waals surface area contributed by atoms with Gasteiger partial charge in [0, 0.05) is 23.2 Å². The summed E-state index contributed by atoms with van der Waals surface area (Å²) < 4.78 is 32.6. The summed E-state index contributed by atoms with van der Waals surface area (Å²) in [6.45, 7) is 0. The lowest BCUT2D eigenvalue weighted by Gasteiger charge is -2.11. The zero-order valence-corrected chi connectivity index (χ0v) is 12.7. The molecule has 0 saturated heterocycles. The van der Waals surface area contributed by atoms with Gasteiger partial charge in [0.05, 0.1) is 17.7 Å². The Labute approximate surface area is 128 Å². The van der Waals surface area contributed by atoms with Crippen LogP contribution in [0, 0.1) is 0 Å². The van der Waals surface area contributed by atoms with E-state index in [1.165, 1.54) is 19.2 Å². The number of methoxy groups -OCH3 is 1. The van der Waals surface area contributed by atoms with E-state index in [4.69, 9.17) is 4.74 Å². The summed E-state index contributed by atoms with van der Waals surface area (Å²) in [5, 5.41) is 1.67. The van der Waals surface area contributed by atoms with Gasteiger partial charge in [0.2, 0.25) is 0 Å². The van der Waals surface area contributed by atoms with Crippen molar-refractivity contribution in [3.8, 4) is 5.75 Å². The van der Waals surface area contributed by atoms with Crippen LogP contribution in [0.2, 0.25) is 0 Å². The molecule has 0 aliphatic heterocycles. The maximum absolute atomic E-state index is 12.5. The van der Waals surface area contributed by atoms with Crippen LogP contribution < -0.4 is 9.46 Å². The van der Waals surface area contributed by atoms with Crippen molar-refractivity contribution in [2.24, 2.45) is 0 Å². The lowest BCUT2D eigenvalue weighted by atomic mass is 10.1. The highest BCUT2D eigenvalue weighted by atomic mass is 32.2. The molecule has 22 heavy (non-hydrogen) atoms. The lowest BCUT2D eigenvalue weighted by molar-refractivity contribution is 0.414. The van der Waals surface area contributed by atoms with Crippen LogP contribution in [0.1, 0.15) is 0 Å². The van der Waals surface area contributed by atoms with Crippen LogP contribution in [0.5, 0.6) is 5.75 Å². The molecule has 0 aliphatic rings. The second-order valence-electron chi connectivity index (χ2n) is 4.68. The standard InChI is InChI=1S/C16H14N2O3S/c1-21-13-5-7-14(8-6-13)22(19,20)18-16-4-2-3-12-11-17-10-9-15(12)16/h2-11,18H,1H3. The van der Waals surface area contributed by atoms with Crippen molar-refractivity contribution < 1.29 is 13.2 Å². The molecule has 0 saturated carbocycles. The zero-order valence-electron chi connectivity index (χ0n) is 11.9. The summed E-state index contributed by atoms with van der Waals surface area (Å²) in [6.07, 6.45) is 3.33. The number of anilines is 1. The number of benzene rings is 2. The largest absolute Gasteiger partial charge is 0.497 e. The molecule has 6 heteroatoms. The molecule has 0 radical (unpaired) electrons. The Morgan fingerprint density at radius 1 is 1.05 bits per heavy atom. The van der Waals surface area contributed by atoms with Crippen molar-refractivity contribution in [3.63, 3.8) is 0 Å². The fourth-order valence-corrected chi connectivity index (χ4v) is 3.25. The van der Waals surface area contributed by atoms with Gasteiger partial charge in [-0.25, -0.2) is 8.42 Å². The Morgan fingerprint density at radius 3 is 2.55 bits per heavy atom. The van der Waals surface area contributed by atoms with E-state index in [1.807, 2.05) is 6.07 Å². The molecule has 0 spiro atoms. The third-order valence-corrected chi connectivity index (χ3v) is 4.68. The van der Waals surface area contributed by atoms with Crippen molar-refractivity contribution >= 4 is 26.5 Å². The average Bonchev–Trinajstić information content (AvgIpc) is 2.55. The van der Waals surface area contributed by atoms with Crippen molar-refractivity contribution in [1.29, 1.82) is 0 Å². The Morgan fingerprint density at radius 2 is 1.82 bits per heavy atom. The Bertz CT molecular complexity index is 901. The molecular formula is C16H14N2O3S. The Kier molecular flexibility index (Phi) is 3.68. The van der Waals surface area contributed by atoms with Gasteiger partial charge in [-0.2, -0.15) is 0 Å². The first-order valence-electron chi connectivity index (χ1n) is 6.60. The number of pyridine rings is 1. The first kappa shape index (κ1) is 14.3. The molecule has 0 aliphatic carbocycles. The molecular weight excluding hydrogens is 300 g/mol. The normalized spacial score (nSPS) is 11.3. The van der Waals surface area contributed by atoms with Crippen LogP contribution in [0.15, 0.2) is 65.8 Å². The van der Waals surface area contributed by atoms with E-state index < -0.39 is 10.0 Å². The molecule has 0 atom stereocenters. The molecule has 3 aromatic rings. The molecule has 2 aromatic carbocycles. The minimum atomic E-state index is -3.66. The number of rotatable bonds is 4. The Hall–Kier alpha value is -2.60. The second-order valence-corrected chi connectivity index (χ2v) is 6.37. The molecule has 1 aromatic heterocycles. The molecule has 3 rings (SSSR count). The summed E-state index contributed by atoms with van der Waals surface area (Å²) in [4.78, 5) is 4.22. The van der Waals surface area contributed by atoms with Gasteiger partial charge in [0.25, 0.3) is 10.0 Å². The predicted molar refractivity (Wildman–Crippen MR) is 85.5 cm³/mol. The second kappa shape index (κ2) is 5.65. The molecule has 1 N–H and O–H groups in total. The van der Waals surface area contributed by atoms with Crippen molar-refractivity contribution in [2.45, 2.75) is 4.90 Å². The van der Waals surface area contributed by atoms with Gasteiger partial charge in [-0.1, -0.05) is 12.1 Å². The highest BCUT2D eigenvalue weighted by molar-refractivity contribution is 7.92. The number of aromatic nitrogens is 1. The molecule has 0 unspecified atom stereocenters. The van der Waals surface area contributed by atoms with E-state index in [0.29, 0.717) is 11.4 Å². The van der Waals surface area contributed by atoms with Gasteiger partial charge in [-0.05, 0) is 36.4 Å². The van der Waals surface area contributed by atoms with Crippen molar-refractivity contribution in [2.75, 3.05) is 11.8 Å². The maximum atomic E-state index is 12.5. The summed E-state index contributed by atoms with van der Waals surface area (Å²) in [6, 6.07) is 13.4. The van der Waals surface area contributed by atoms with Crippen LogP contribution >= 0.6 is 0 Å². The van der Waals surface area contributed by atoms with Gasteiger partial charge < -0.3 is 4.74 Å². The molecule has 0 bridgehead atoms. The number of fused-ring (bicyclic) bond motifs is 1. The fourth-order valence-electron chi connectivity index (χ4n) is 2.17. The van der Waals surface area contributed by atoms with Gasteiger partial charge in [0.1, 0.15) is 5.75 Å². The minimum Gasteiger partial charge on any atom is -0.497 e. The van der Waals surface area contributed by atoms with Gasteiger partial charge in [-0.3, -0.25) is 9.71 Å². The fraction of sp³-hybridized carbons (Fsp3) is 0.0625. The summed E-state index contributed by atoms with van der Waals surface area (Å²) in [5.74, 6) is 0.607. The minimum absolute atomic E-state index is 0.180. The van der Waals surface area contributed by atoms with Crippen LogP contribution in [-0.4, -0.2) is 20.5 Å². The van der Waals surface area contributed by atoms with Crippen molar-refractivity contribution in [1.82, 2.24) is 4.98 Å². The highest BCUT2D eigenvalue weighted by Crippen LogP contribution is 2.25. The lowest BCUT2D eigenvalue weighted by Crippen LogP contribution is -2.13. The quantitative estimate of drug-likeness (QED) is 0.803. The third-order valence-electron chi connectivity index (χ3n) is 3.29.